The summed E-state index contributed by atoms with van der Waals surface area (Å²) in [6, 6.07) is 21.6. The number of piperazine rings is 1. The highest BCUT2D eigenvalue weighted by Crippen LogP contribution is 2.22. The van der Waals surface area contributed by atoms with Crippen molar-refractivity contribution in [2.45, 2.75) is 26.2 Å². The predicted molar refractivity (Wildman–Crippen MR) is 121 cm³/mol. The number of rotatable bonds is 6. The van der Waals surface area contributed by atoms with Gasteiger partial charge in [-0.25, -0.2) is 0 Å². The second-order valence-electron chi connectivity index (χ2n) is 7.86. The molecule has 1 fully saturated rings. The highest BCUT2D eigenvalue weighted by atomic mass is 16.3. The smallest absolute Gasteiger partial charge is 0.253 e. The third kappa shape index (κ3) is 5.05. The maximum Gasteiger partial charge on any atom is 0.253 e. The molecule has 1 aliphatic rings. The molecule has 0 spiro atoms. The standard InChI is InChI=1S/C26H28N2O3/c1-2-20-8-10-22(11-9-20)26(30)28-18-16-27(17-19-28)25(29)15-13-23-12-14-24(31-23)21-6-4-3-5-7-21/h3-12,14H,2,13,15-19H2,1H3. The van der Waals surface area contributed by atoms with E-state index in [1.807, 2.05) is 76.5 Å². The first-order chi connectivity index (χ1) is 15.1. The van der Waals surface area contributed by atoms with E-state index in [9.17, 15) is 9.59 Å². The van der Waals surface area contributed by atoms with Gasteiger partial charge in [0.25, 0.3) is 5.91 Å². The second kappa shape index (κ2) is 9.65. The van der Waals surface area contributed by atoms with Crippen molar-refractivity contribution < 1.29 is 14.0 Å². The number of nitrogens with zero attached hydrogens (tertiary/aromatic N) is 2. The van der Waals surface area contributed by atoms with Gasteiger partial charge in [-0.3, -0.25) is 9.59 Å². The molecule has 0 saturated carbocycles. The molecule has 2 aromatic carbocycles. The van der Waals surface area contributed by atoms with E-state index in [-0.39, 0.29) is 11.8 Å². The molecule has 1 aliphatic heterocycles. The summed E-state index contributed by atoms with van der Waals surface area (Å²) < 4.78 is 5.90. The van der Waals surface area contributed by atoms with Crippen LogP contribution in [-0.2, 0) is 17.6 Å². The van der Waals surface area contributed by atoms with E-state index in [0.717, 1.165) is 23.5 Å². The highest BCUT2D eigenvalue weighted by molar-refractivity contribution is 5.94. The van der Waals surface area contributed by atoms with E-state index in [1.165, 1.54) is 5.56 Å². The lowest BCUT2D eigenvalue weighted by Gasteiger charge is -2.35. The van der Waals surface area contributed by atoms with Gasteiger partial charge in [0.15, 0.2) is 0 Å². The molecule has 4 rings (SSSR count). The summed E-state index contributed by atoms with van der Waals surface area (Å²) in [5.74, 6) is 1.79. The Morgan fingerprint density at radius 3 is 2.19 bits per heavy atom. The van der Waals surface area contributed by atoms with Crippen LogP contribution in [0.3, 0.4) is 0 Å². The van der Waals surface area contributed by atoms with Gasteiger partial charge in [0.05, 0.1) is 0 Å². The number of furan rings is 1. The van der Waals surface area contributed by atoms with Gasteiger partial charge in [-0.15, -0.1) is 0 Å². The number of amides is 2. The van der Waals surface area contributed by atoms with Crippen LogP contribution in [0.25, 0.3) is 11.3 Å². The summed E-state index contributed by atoms with van der Waals surface area (Å²) in [6.45, 7) is 4.38. The van der Waals surface area contributed by atoms with Crippen LogP contribution in [-0.4, -0.2) is 47.8 Å². The Hall–Kier alpha value is -3.34. The first-order valence-electron chi connectivity index (χ1n) is 10.9. The van der Waals surface area contributed by atoms with Crippen molar-refractivity contribution in [2.75, 3.05) is 26.2 Å². The van der Waals surface area contributed by atoms with Gasteiger partial charge in [0, 0.05) is 50.1 Å². The maximum absolute atomic E-state index is 12.7. The number of aryl methyl sites for hydroxylation is 2. The largest absolute Gasteiger partial charge is 0.461 e. The van der Waals surface area contributed by atoms with Crippen molar-refractivity contribution in [1.82, 2.24) is 9.80 Å². The fraction of sp³-hybridized carbons (Fsp3) is 0.308. The lowest BCUT2D eigenvalue weighted by atomic mass is 10.1. The molecule has 1 aromatic heterocycles. The first-order valence-corrected chi connectivity index (χ1v) is 10.9. The van der Waals surface area contributed by atoms with Crippen molar-refractivity contribution in [2.24, 2.45) is 0 Å². The van der Waals surface area contributed by atoms with Gasteiger partial charge in [-0.05, 0) is 36.2 Å². The average molecular weight is 417 g/mol. The first kappa shape index (κ1) is 20.9. The van der Waals surface area contributed by atoms with Crippen molar-refractivity contribution in [3.63, 3.8) is 0 Å². The van der Waals surface area contributed by atoms with E-state index in [2.05, 4.69) is 6.92 Å². The van der Waals surface area contributed by atoms with Gasteiger partial charge in [0.1, 0.15) is 11.5 Å². The number of benzene rings is 2. The number of hydrogen-bond donors (Lipinski definition) is 0. The summed E-state index contributed by atoms with van der Waals surface area (Å²) in [4.78, 5) is 29.1. The van der Waals surface area contributed by atoms with Crippen LogP contribution < -0.4 is 0 Å². The van der Waals surface area contributed by atoms with Gasteiger partial charge < -0.3 is 14.2 Å². The zero-order valence-electron chi connectivity index (χ0n) is 17.9. The van der Waals surface area contributed by atoms with Crippen LogP contribution in [0.2, 0.25) is 0 Å². The molecule has 0 bridgehead atoms. The summed E-state index contributed by atoms with van der Waals surface area (Å²) in [5.41, 5.74) is 2.97. The van der Waals surface area contributed by atoms with Gasteiger partial charge in [-0.1, -0.05) is 49.4 Å². The predicted octanol–water partition coefficient (Wildman–Crippen LogP) is 4.43. The van der Waals surface area contributed by atoms with E-state index in [0.29, 0.717) is 44.6 Å². The number of hydrogen-bond acceptors (Lipinski definition) is 3. The van der Waals surface area contributed by atoms with Crippen molar-refractivity contribution in [1.29, 1.82) is 0 Å². The van der Waals surface area contributed by atoms with E-state index in [1.54, 1.807) is 0 Å². The molecular weight excluding hydrogens is 388 g/mol. The van der Waals surface area contributed by atoms with Crippen LogP contribution in [0.5, 0.6) is 0 Å². The quantitative estimate of drug-likeness (QED) is 0.597. The highest BCUT2D eigenvalue weighted by Gasteiger charge is 2.24. The third-order valence-electron chi connectivity index (χ3n) is 5.83. The topological polar surface area (TPSA) is 53.8 Å². The van der Waals surface area contributed by atoms with E-state index < -0.39 is 0 Å². The summed E-state index contributed by atoms with van der Waals surface area (Å²) in [6.07, 6.45) is 1.95. The van der Waals surface area contributed by atoms with Crippen LogP contribution in [0.1, 0.15) is 35.0 Å². The molecule has 2 amide bonds. The maximum atomic E-state index is 12.7. The Morgan fingerprint density at radius 2 is 1.52 bits per heavy atom. The molecule has 0 unspecified atom stereocenters. The van der Waals surface area contributed by atoms with Crippen molar-refractivity contribution >= 4 is 11.8 Å². The average Bonchev–Trinajstić information content (AvgIpc) is 3.32. The molecule has 0 atom stereocenters. The molecule has 5 heteroatoms. The van der Waals surface area contributed by atoms with Crippen LogP contribution in [0, 0.1) is 0 Å². The molecule has 5 nitrogen and oxygen atoms in total. The minimum Gasteiger partial charge on any atom is -0.461 e. The zero-order valence-corrected chi connectivity index (χ0v) is 17.9. The molecule has 0 radical (unpaired) electrons. The van der Waals surface area contributed by atoms with Crippen molar-refractivity contribution in [3.8, 4) is 11.3 Å². The van der Waals surface area contributed by atoms with E-state index in [4.69, 9.17) is 4.42 Å². The Morgan fingerprint density at radius 1 is 0.839 bits per heavy atom. The monoisotopic (exact) mass is 416 g/mol. The van der Waals surface area contributed by atoms with Gasteiger partial charge in [-0.2, -0.15) is 0 Å². The Labute approximate surface area is 183 Å². The Kier molecular flexibility index (Phi) is 6.51. The summed E-state index contributed by atoms with van der Waals surface area (Å²) >= 11 is 0. The lowest BCUT2D eigenvalue weighted by Crippen LogP contribution is -2.50. The fourth-order valence-corrected chi connectivity index (χ4v) is 3.88. The normalized spacial score (nSPS) is 14.0. The van der Waals surface area contributed by atoms with Gasteiger partial charge in [0.2, 0.25) is 5.91 Å². The minimum atomic E-state index is 0.0405. The Balaban J connectivity index is 1.25. The molecule has 1 saturated heterocycles. The molecule has 31 heavy (non-hydrogen) atoms. The molecule has 0 N–H and O–H groups in total. The number of carbonyl (C=O) groups is 2. The summed E-state index contributed by atoms with van der Waals surface area (Å²) in [7, 11) is 0. The molecular formula is C26H28N2O3. The minimum absolute atomic E-state index is 0.0405. The third-order valence-corrected chi connectivity index (χ3v) is 5.83. The lowest BCUT2D eigenvalue weighted by molar-refractivity contribution is -0.132. The van der Waals surface area contributed by atoms with Crippen LogP contribution in [0.4, 0.5) is 0 Å². The number of carbonyl (C=O) groups excluding carboxylic acids is 2. The zero-order chi connectivity index (χ0) is 21.6. The SMILES string of the molecule is CCc1ccc(C(=O)N2CCN(C(=O)CCc3ccc(-c4ccccc4)o3)CC2)cc1. The molecule has 160 valence electrons. The van der Waals surface area contributed by atoms with Gasteiger partial charge >= 0.3 is 0 Å². The fourth-order valence-electron chi connectivity index (χ4n) is 3.88. The van der Waals surface area contributed by atoms with Crippen LogP contribution >= 0.6 is 0 Å². The van der Waals surface area contributed by atoms with Crippen LogP contribution in [0.15, 0.2) is 71.1 Å². The van der Waals surface area contributed by atoms with E-state index >= 15 is 0 Å². The second-order valence-corrected chi connectivity index (χ2v) is 7.86. The molecule has 2 heterocycles. The molecule has 0 aliphatic carbocycles. The summed E-state index contributed by atoms with van der Waals surface area (Å²) in [5, 5.41) is 0. The Bertz CT molecular complexity index is 1020. The van der Waals surface area contributed by atoms with Crippen molar-refractivity contribution in [3.05, 3.63) is 83.6 Å². The molecule has 3 aromatic rings.